The van der Waals surface area contributed by atoms with Crippen LogP contribution in [-0.4, -0.2) is 51.7 Å². The number of hydrogen-bond donors (Lipinski definition) is 3. The van der Waals surface area contributed by atoms with Gasteiger partial charge in [-0.05, 0) is 49.2 Å². The highest BCUT2D eigenvalue weighted by Crippen LogP contribution is 2.32. The second kappa shape index (κ2) is 12.5. The monoisotopic (exact) mass is 543 g/mol. The first-order valence-corrected chi connectivity index (χ1v) is 9.95. The fraction of sp³-hybridized carbons (Fsp3) is 0.409. The summed E-state index contributed by atoms with van der Waals surface area (Å²) < 4.78 is 21.4. The summed E-state index contributed by atoms with van der Waals surface area (Å²) in [5.41, 5.74) is 1.78. The molecule has 3 rings (SSSR count). The van der Waals surface area contributed by atoms with Crippen molar-refractivity contribution in [2.24, 2.45) is 4.99 Å². The smallest absolute Gasteiger partial charge is 0.231 e. The Morgan fingerprint density at radius 1 is 1.10 bits per heavy atom. The van der Waals surface area contributed by atoms with Gasteiger partial charge >= 0.3 is 0 Å². The van der Waals surface area contributed by atoms with Crippen molar-refractivity contribution in [1.29, 1.82) is 0 Å². The standard InChI is InChI=1S/C22H29N3O5.HI/c1-4-23-22(24-10-9-15-5-7-20-21(11-15)30-14-29-20)25-13-18(26)17-12-16(27-2)6-8-19(17)28-3;/h5-8,11-12,18,26H,4,9-10,13-14H2,1-3H3,(H2,23,24,25);1H. The number of aliphatic hydroxyl groups is 1. The number of methoxy groups -OCH3 is 2. The highest BCUT2D eigenvalue weighted by atomic mass is 127. The highest BCUT2D eigenvalue weighted by Gasteiger charge is 2.15. The molecule has 1 unspecified atom stereocenters. The number of halogens is 1. The molecule has 9 heteroatoms. The van der Waals surface area contributed by atoms with Crippen LogP contribution in [0.25, 0.3) is 0 Å². The molecule has 3 N–H and O–H groups in total. The molecule has 0 amide bonds. The minimum atomic E-state index is -0.820. The number of benzene rings is 2. The molecule has 170 valence electrons. The molecule has 0 aliphatic carbocycles. The van der Waals surface area contributed by atoms with Gasteiger partial charge in [0.1, 0.15) is 17.6 Å². The summed E-state index contributed by atoms with van der Waals surface area (Å²) in [4.78, 5) is 4.51. The number of fused-ring (bicyclic) bond motifs is 1. The first-order valence-electron chi connectivity index (χ1n) is 9.95. The van der Waals surface area contributed by atoms with Crippen molar-refractivity contribution >= 4 is 29.9 Å². The topological polar surface area (TPSA) is 93.6 Å². The minimum Gasteiger partial charge on any atom is -0.497 e. The van der Waals surface area contributed by atoms with E-state index in [1.165, 1.54) is 0 Å². The molecular formula is C22H30IN3O5. The summed E-state index contributed by atoms with van der Waals surface area (Å²) in [6.07, 6.45) is -0.0211. The fourth-order valence-electron chi connectivity index (χ4n) is 3.14. The van der Waals surface area contributed by atoms with Gasteiger partial charge in [-0.25, -0.2) is 0 Å². The van der Waals surface area contributed by atoms with Crippen LogP contribution in [-0.2, 0) is 6.42 Å². The molecule has 0 bridgehead atoms. The average Bonchev–Trinajstić information content (AvgIpc) is 3.24. The zero-order valence-corrected chi connectivity index (χ0v) is 20.3. The van der Waals surface area contributed by atoms with Gasteiger partial charge < -0.3 is 34.7 Å². The number of rotatable bonds is 9. The Morgan fingerprint density at radius 3 is 2.65 bits per heavy atom. The van der Waals surface area contributed by atoms with E-state index in [0.29, 0.717) is 36.1 Å². The zero-order valence-electron chi connectivity index (χ0n) is 18.0. The number of hydrogen-bond acceptors (Lipinski definition) is 6. The van der Waals surface area contributed by atoms with Crippen molar-refractivity contribution in [3.63, 3.8) is 0 Å². The van der Waals surface area contributed by atoms with Crippen LogP contribution < -0.4 is 29.6 Å². The van der Waals surface area contributed by atoms with E-state index in [2.05, 4.69) is 15.6 Å². The lowest BCUT2D eigenvalue weighted by atomic mass is 10.1. The molecular weight excluding hydrogens is 513 g/mol. The van der Waals surface area contributed by atoms with Gasteiger partial charge in [0.05, 0.1) is 20.8 Å². The quantitative estimate of drug-likeness (QED) is 0.255. The Bertz CT molecular complexity index is 878. The molecule has 1 heterocycles. The molecule has 1 atom stereocenters. The van der Waals surface area contributed by atoms with Crippen molar-refractivity contribution < 1.29 is 24.1 Å². The third-order valence-corrected chi connectivity index (χ3v) is 4.71. The maximum absolute atomic E-state index is 10.6. The summed E-state index contributed by atoms with van der Waals surface area (Å²) in [5.74, 6) is 3.45. The van der Waals surface area contributed by atoms with Crippen LogP contribution in [0.1, 0.15) is 24.2 Å². The third kappa shape index (κ3) is 6.79. The summed E-state index contributed by atoms with van der Waals surface area (Å²) in [6, 6.07) is 11.3. The number of ether oxygens (including phenoxy) is 4. The van der Waals surface area contributed by atoms with Crippen molar-refractivity contribution in [3.05, 3.63) is 47.5 Å². The molecule has 0 saturated heterocycles. The third-order valence-electron chi connectivity index (χ3n) is 4.71. The van der Waals surface area contributed by atoms with Gasteiger partial charge in [0, 0.05) is 18.7 Å². The van der Waals surface area contributed by atoms with Gasteiger partial charge in [-0.15, -0.1) is 24.0 Å². The largest absolute Gasteiger partial charge is 0.497 e. The first-order chi connectivity index (χ1) is 14.6. The molecule has 1 aliphatic rings. The molecule has 0 fully saturated rings. The Kier molecular flexibility index (Phi) is 9.99. The summed E-state index contributed by atoms with van der Waals surface area (Å²) in [7, 11) is 3.16. The Hall–Kier alpha value is -2.40. The van der Waals surface area contributed by atoms with E-state index in [4.69, 9.17) is 18.9 Å². The van der Waals surface area contributed by atoms with Crippen molar-refractivity contribution in [2.75, 3.05) is 40.6 Å². The predicted molar refractivity (Wildman–Crippen MR) is 130 cm³/mol. The second-order valence-electron chi connectivity index (χ2n) is 6.71. The van der Waals surface area contributed by atoms with E-state index in [9.17, 15) is 5.11 Å². The van der Waals surface area contributed by atoms with Gasteiger partial charge in [0.15, 0.2) is 17.5 Å². The van der Waals surface area contributed by atoms with Crippen molar-refractivity contribution in [3.8, 4) is 23.0 Å². The van der Waals surface area contributed by atoms with Crippen LogP contribution in [0.5, 0.6) is 23.0 Å². The molecule has 2 aromatic carbocycles. The molecule has 8 nitrogen and oxygen atoms in total. The van der Waals surface area contributed by atoms with Crippen LogP contribution in [0.4, 0.5) is 0 Å². The summed E-state index contributed by atoms with van der Waals surface area (Å²) >= 11 is 0. The van der Waals surface area contributed by atoms with Crippen molar-refractivity contribution in [1.82, 2.24) is 10.6 Å². The molecule has 0 aromatic heterocycles. The number of nitrogens with one attached hydrogen (secondary N) is 2. The van der Waals surface area contributed by atoms with Crippen LogP contribution in [0.2, 0.25) is 0 Å². The van der Waals surface area contributed by atoms with E-state index in [1.54, 1.807) is 32.4 Å². The molecule has 31 heavy (non-hydrogen) atoms. The minimum absolute atomic E-state index is 0. The lowest BCUT2D eigenvalue weighted by Crippen LogP contribution is -2.38. The lowest BCUT2D eigenvalue weighted by Gasteiger charge is -2.16. The van der Waals surface area contributed by atoms with Gasteiger partial charge in [-0.3, -0.25) is 4.99 Å². The fourth-order valence-corrected chi connectivity index (χ4v) is 3.14. The van der Waals surface area contributed by atoms with Crippen LogP contribution in [0, 0.1) is 0 Å². The first kappa shape index (κ1) is 24.9. The van der Waals surface area contributed by atoms with Gasteiger partial charge in [-0.2, -0.15) is 0 Å². The molecule has 0 radical (unpaired) electrons. The molecule has 2 aromatic rings. The lowest BCUT2D eigenvalue weighted by molar-refractivity contribution is 0.174. The maximum atomic E-state index is 10.6. The molecule has 1 aliphatic heterocycles. The SMILES string of the molecule is CCNC(=NCC(O)c1cc(OC)ccc1OC)NCCc1ccc2c(c1)OCO2.I. The van der Waals surface area contributed by atoms with Crippen LogP contribution >= 0.6 is 24.0 Å². The second-order valence-corrected chi connectivity index (χ2v) is 6.71. The van der Waals surface area contributed by atoms with Gasteiger partial charge in [0.25, 0.3) is 0 Å². The maximum Gasteiger partial charge on any atom is 0.231 e. The zero-order chi connectivity index (χ0) is 21.3. The van der Waals surface area contributed by atoms with E-state index >= 15 is 0 Å². The highest BCUT2D eigenvalue weighted by molar-refractivity contribution is 14.0. The Labute approximate surface area is 200 Å². The Balaban J connectivity index is 0.00000341. The van der Waals surface area contributed by atoms with Crippen LogP contribution in [0.15, 0.2) is 41.4 Å². The number of aliphatic hydroxyl groups excluding tert-OH is 1. The predicted octanol–water partition coefficient (Wildman–Crippen LogP) is 2.88. The normalized spacial score (nSPS) is 13.2. The van der Waals surface area contributed by atoms with E-state index in [1.807, 2.05) is 25.1 Å². The summed E-state index contributed by atoms with van der Waals surface area (Å²) in [6.45, 7) is 3.85. The van der Waals surface area contributed by atoms with E-state index in [0.717, 1.165) is 23.5 Å². The Morgan fingerprint density at radius 2 is 1.90 bits per heavy atom. The van der Waals surface area contributed by atoms with Gasteiger partial charge in [0.2, 0.25) is 6.79 Å². The van der Waals surface area contributed by atoms with E-state index < -0.39 is 6.10 Å². The number of aliphatic imine (C=N–C) groups is 1. The molecule has 0 saturated carbocycles. The van der Waals surface area contributed by atoms with Gasteiger partial charge in [-0.1, -0.05) is 6.07 Å². The van der Waals surface area contributed by atoms with Crippen LogP contribution in [0.3, 0.4) is 0 Å². The number of nitrogens with zero attached hydrogens (tertiary/aromatic N) is 1. The number of guanidine groups is 1. The van der Waals surface area contributed by atoms with E-state index in [-0.39, 0.29) is 37.3 Å². The molecule has 0 spiro atoms. The summed E-state index contributed by atoms with van der Waals surface area (Å²) in [5, 5.41) is 17.1. The average molecular weight is 543 g/mol. The van der Waals surface area contributed by atoms with Crippen molar-refractivity contribution in [2.45, 2.75) is 19.4 Å².